The molecule has 0 spiro atoms. The van der Waals surface area contributed by atoms with Crippen molar-refractivity contribution in [2.45, 2.75) is 12.4 Å². The monoisotopic (exact) mass is 431 g/mol. The first kappa shape index (κ1) is 20.6. The third kappa shape index (κ3) is 3.76. The summed E-state index contributed by atoms with van der Waals surface area (Å²) in [6.07, 6.45) is 2.41. The number of hydrogen-bond donors (Lipinski definition) is 0. The van der Waals surface area contributed by atoms with Crippen molar-refractivity contribution < 1.29 is 44.9 Å². The van der Waals surface area contributed by atoms with Crippen molar-refractivity contribution in [3.63, 3.8) is 0 Å². The van der Waals surface area contributed by atoms with Crippen molar-refractivity contribution in [3.8, 4) is 5.75 Å². The number of hydrogen-bond acceptors (Lipinski definition) is 7. The van der Waals surface area contributed by atoms with E-state index in [4.69, 9.17) is 9.47 Å². The van der Waals surface area contributed by atoms with Crippen molar-refractivity contribution >= 4 is 32.7 Å². The van der Waals surface area contributed by atoms with E-state index in [9.17, 15) is 31.2 Å². The van der Waals surface area contributed by atoms with Crippen molar-refractivity contribution in [3.05, 3.63) is 54.0 Å². The summed E-state index contributed by atoms with van der Waals surface area (Å²) in [5.41, 5.74) is -6.30. The largest absolute Gasteiger partial charge is 0.525 e. The molecule has 2 aromatic carbocycles. The molecule has 0 N–H and O–H groups in total. The standard InChI is InChI=1S/C17H12F3NO7S/c1-2-26-6-7-27-11-8-10-4-3-5-12-14(10)13(9-11)16(23)21(15(12)22)28-29(24,25)17(18,19)20/h3-9H,2H2,1H3/b7-6-. The highest BCUT2D eigenvalue weighted by molar-refractivity contribution is 7.87. The van der Waals surface area contributed by atoms with E-state index in [2.05, 4.69) is 4.28 Å². The van der Waals surface area contributed by atoms with E-state index in [0.717, 1.165) is 6.07 Å². The molecule has 8 nitrogen and oxygen atoms in total. The minimum atomic E-state index is -6.24. The number of rotatable bonds is 6. The molecule has 0 saturated heterocycles. The Balaban J connectivity index is 2.07. The summed E-state index contributed by atoms with van der Waals surface area (Å²) < 4.78 is 74.5. The first-order chi connectivity index (χ1) is 13.6. The van der Waals surface area contributed by atoms with Crippen LogP contribution in [0.25, 0.3) is 10.8 Å². The molecule has 0 aromatic heterocycles. The zero-order valence-corrected chi connectivity index (χ0v) is 15.4. The fourth-order valence-electron chi connectivity index (χ4n) is 2.58. The lowest BCUT2D eigenvalue weighted by Crippen LogP contribution is -2.44. The van der Waals surface area contributed by atoms with Gasteiger partial charge in [0.2, 0.25) is 0 Å². The van der Waals surface area contributed by atoms with Crippen LogP contribution in [0.4, 0.5) is 13.2 Å². The number of benzene rings is 2. The van der Waals surface area contributed by atoms with Gasteiger partial charge < -0.3 is 9.47 Å². The van der Waals surface area contributed by atoms with Gasteiger partial charge in [-0.3, -0.25) is 9.59 Å². The van der Waals surface area contributed by atoms with E-state index in [1.54, 1.807) is 13.0 Å². The first-order valence-corrected chi connectivity index (χ1v) is 9.37. The predicted molar refractivity (Wildman–Crippen MR) is 91.9 cm³/mol. The Hall–Kier alpha value is -3.12. The van der Waals surface area contributed by atoms with Crippen LogP contribution < -0.4 is 4.74 Å². The summed E-state index contributed by atoms with van der Waals surface area (Å²) in [5.74, 6) is -2.63. The molecule has 0 radical (unpaired) electrons. The molecule has 2 aromatic rings. The number of halogens is 3. The van der Waals surface area contributed by atoms with Crippen LogP contribution in [0.2, 0.25) is 0 Å². The van der Waals surface area contributed by atoms with Gasteiger partial charge in [0, 0.05) is 5.39 Å². The van der Waals surface area contributed by atoms with Gasteiger partial charge in [0.1, 0.15) is 18.3 Å². The number of ether oxygens (including phenoxy) is 2. The molecule has 0 saturated carbocycles. The van der Waals surface area contributed by atoms with Gasteiger partial charge in [0.25, 0.3) is 11.8 Å². The molecular weight excluding hydrogens is 419 g/mol. The lowest BCUT2D eigenvalue weighted by atomic mass is 9.95. The summed E-state index contributed by atoms with van der Waals surface area (Å²) in [4.78, 5) is 25.0. The van der Waals surface area contributed by atoms with Crippen LogP contribution in [0.3, 0.4) is 0 Å². The normalized spacial score (nSPS) is 14.7. The maximum absolute atomic E-state index is 12.6. The van der Waals surface area contributed by atoms with Gasteiger partial charge in [0.15, 0.2) is 0 Å². The number of alkyl halides is 3. The van der Waals surface area contributed by atoms with Crippen LogP contribution in [0.5, 0.6) is 5.75 Å². The Labute approximate surface area is 162 Å². The Morgan fingerprint density at radius 2 is 1.76 bits per heavy atom. The van der Waals surface area contributed by atoms with Crippen molar-refractivity contribution in [2.75, 3.05) is 6.61 Å². The highest BCUT2D eigenvalue weighted by Crippen LogP contribution is 2.35. The average molecular weight is 431 g/mol. The second kappa shape index (κ2) is 7.37. The Bertz CT molecular complexity index is 1130. The van der Waals surface area contributed by atoms with Gasteiger partial charge in [-0.15, -0.1) is 9.35 Å². The van der Waals surface area contributed by atoms with E-state index in [1.807, 2.05) is 0 Å². The van der Waals surface area contributed by atoms with Crippen LogP contribution in [0.15, 0.2) is 42.9 Å². The van der Waals surface area contributed by atoms with Crippen LogP contribution in [-0.4, -0.2) is 37.4 Å². The molecular formula is C17H12F3NO7S. The number of carbonyl (C=O) groups is 2. The average Bonchev–Trinajstić information content (AvgIpc) is 2.65. The molecule has 0 bridgehead atoms. The van der Waals surface area contributed by atoms with E-state index >= 15 is 0 Å². The van der Waals surface area contributed by atoms with Crippen LogP contribution in [-0.2, 0) is 19.1 Å². The maximum atomic E-state index is 12.6. The van der Waals surface area contributed by atoms with Crippen LogP contribution >= 0.6 is 0 Å². The Morgan fingerprint density at radius 3 is 2.41 bits per heavy atom. The second-order valence-corrected chi connectivity index (χ2v) is 7.12. The van der Waals surface area contributed by atoms with Crippen LogP contribution in [0.1, 0.15) is 27.6 Å². The number of hydroxylamine groups is 2. The van der Waals surface area contributed by atoms with Gasteiger partial charge in [0.05, 0.1) is 17.7 Å². The molecule has 0 fully saturated rings. The van der Waals surface area contributed by atoms with Gasteiger partial charge in [-0.2, -0.15) is 21.6 Å². The van der Waals surface area contributed by atoms with Gasteiger partial charge in [-0.1, -0.05) is 12.1 Å². The lowest BCUT2D eigenvalue weighted by Gasteiger charge is -2.25. The highest BCUT2D eigenvalue weighted by Gasteiger charge is 2.51. The minimum Gasteiger partial charge on any atom is -0.498 e. The van der Waals surface area contributed by atoms with Gasteiger partial charge in [-0.05, 0) is 30.5 Å². The van der Waals surface area contributed by atoms with Gasteiger partial charge >= 0.3 is 15.6 Å². The summed E-state index contributed by atoms with van der Waals surface area (Å²) in [5, 5.41) is 0.0763. The molecule has 1 aliphatic heterocycles. The van der Waals surface area contributed by atoms with E-state index in [-0.39, 0.29) is 22.3 Å². The molecule has 3 rings (SSSR count). The molecule has 0 atom stereocenters. The maximum Gasteiger partial charge on any atom is 0.525 e. The van der Waals surface area contributed by atoms with Crippen molar-refractivity contribution in [1.29, 1.82) is 0 Å². The molecule has 2 amide bonds. The molecule has 0 aliphatic carbocycles. The molecule has 1 aliphatic rings. The van der Waals surface area contributed by atoms with E-state index in [1.165, 1.54) is 30.7 Å². The molecule has 12 heteroatoms. The summed E-state index contributed by atoms with van der Waals surface area (Å²) in [6.45, 7) is 2.12. The van der Waals surface area contributed by atoms with Crippen LogP contribution in [0, 0.1) is 0 Å². The number of amides is 2. The zero-order valence-electron chi connectivity index (χ0n) is 14.6. The number of carbonyl (C=O) groups excluding carboxylic acids is 2. The molecule has 0 unspecified atom stereocenters. The second-order valence-electron chi connectivity index (χ2n) is 5.60. The summed E-state index contributed by atoms with van der Waals surface area (Å²) >= 11 is 0. The molecule has 154 valence electrons. The lowest BCUT2D eigenvalue weighted by molar-refractivity contribution is -0.0761. The van der Waals surface area contributed by atoms with Crippen molar-refractivity contribution in [1.82, 2.24) is 5.06 Å². The number of nitrogens with zero attached hydrogens (tertiary/aromatic N) is 1. The SMILES string of the molecule is CCO/C=C\Oc1cc2c3c(cccc3c1)C(=O)N(OS(=O)(=O)C(F)(F)F)C2=O. The van der Waals surface area contributed by atoms with E-state index < -0.39 is 32.5 Å². The molecule has 1 heterocycles. The highest BCUT2D eigenvalue weighted by atomic mass is 32.2. The summed E-state index contributed by atoms with van der Waals surface area (Å²) in [7, 11) is -6.24. The zero-order chi connectivity index (χ0) is 21.4. The Kier molecular flexibility index (Phi) is 5.24. The molecule has 29 heavy (non-hydrogen) atoms. The third-order valence-corrected chi connectivity index (χ3v) is 4.67. The number of imide groups is 1. The fourth-order valence-corrected chi connectivity index (χ4v) is 2.99. The first-order valence-electron chi connectivity index (χ1n) is 7.96. The Morgan fingerprint density at radius 1 is 1.07 bits per heavy atom. The minimum absolute atomic E-state index is 0.0990. The van der Waals surface area contributed by atoms with E-state index in [0.29, 0.717) is 12.0 Å². The van der Waals surface area contributed by atoms with Crippen molar-refractivity contribution in [2.24, 2.45) is 0 Å². The topological polar surface area (TPSA) is 99.2 Å². The third-order valence-electron chi connectivity index (χ3n) is 3.76. The predicted octanol–water partition coefficient (Wildman–Crippen LogP) is 3.10. The van der Waals surface area contributed by atoms with Gasteiger partial charge in [-0.25, -0.2) is 0 Å². The fraction of sp³-hybridized carbons (Fsp3) is 0.176. The smallest absolute Gasteiger partial charge is 0.498 e. The summed E-state index contributed by atoms with van der Waals surface area (Å²) in [6, 6.07) is 6.82. The quantitative estimate of drug-likeness (QED) is 0.394.